The highest BCUT2D eigenvalue weighted by Crippen LogP contribution is 2.20. The molecule has 5 heteroatoms. The Balaban J connectivity index is 1.89. The van der Waals surface area contributed by atoms with Gasteiger partial charge in [-0.3, -0.25) is 4.79 Å². The van der Waals surface area contributed by atoms with Crippen molar-refractivity contribution in [1.82, 2.24) is 5.32 Å². The van der Waals surface area contributed by atoms with Gasteiger partial charge in [0.2, 0.25) is 0 Å². The van der Waals surface area contributed by atoms with Crippen LogP contribution in [0, 0.1) is 0 Å². The van der Waals surface area contributed by atoms with Crippen LogP contribution in [0.25, 0.3) is 11.0 Å². The molecule has 2 aromatic rings. The lowest BCUT2D eigenvalue weighted by atomic mass is 10.1. The molecule has 0 radical (unpaired) electrons. The summed E-state index contributed by atoms with van der Waals surface area (Å²) in [7, 11) is 0. The number of fused-ring (bicyclic) bond motifs is 1. The Hall–Kier alpha value is -2.30. The monoisotopic (exact) mass is 261 g/mol. The standard InChI is InChI=1S/C14H15NO4/c1-2-18-14(17)13(16)15-8-7-10-9-19-12-6-4-3-5-11(10)12/h3-6,9H,2,7-8H2,1H3,(H,15,16). The third-order valence-corrected chi connectivity index (χ3v) is 2.70. The summed E-state index contributed by atoms with van der Waals surface area (Å²) in [6.45, 7) is 2.21. The van der Waals surface area contributed by atoms with Crippen LogP contribution in [0.1, 0.15) is 12.5 Å². The molecule has 0 fully saturated rings. The molecule has 1 heterocycles. The summed E-state index contributed by atoms with van der Waals surface area (Å²) >= 11 is 0. The first kappa shape index (κ1) is 13.1. The molecule has 0 atom stereocenters. The smallest absolute Gasteiger partial charge is 0.396 e. The molecule has 100 valence electrons. The summed E-state index contributed by atoms with van der Waals surface area (Å²) < 4.78 is 9.98. The average Bonchev–Trinajstić information content (AvgIpc) is 2.82. The minimum Gasteiger partial charge on any atom is -0.464 e. The molecule has 0 unspecified atom stereocenters. The maximum atomic E-state index is 11.3. The third-order valence-electron chi connectivity index (χ3n) is 2.70. The van der Waals surface area contributed by atoms with Gasteiger partial charge in [-0.15, -0.1) is 0 Å². The zero-order valence-corrected chi connectivity index (χ0v) is 10.6. The van der Waals surface area contributed by atoms with Crippen molar-refractivity contribution in [2.75, 3.05) is 13.2 Å². The first-order valence-electron chi connectivity index (χ1n) is 6.12. The highest BCUT2D eigenvalue weighted by molar-refractivity contribution is 6.32. The van der Waals surface area contributed by atoms with Crippen LogP contribution in [0.4, 0.5) is 0 Å². The van der Waals surface area contributed by atoms with Gasteiger partial charge < -0.3 is 14.5 Å². The van der Waals surface area contributed by atoms with Gasteiger partial charge in [-0.2, -0.15) is 0 Å². The minimum atomic E-state index is -0.848. The van der Waals surface area contributed by atoms with Gasteiger partial charge in [0.25, 0.3) is 0 Å². The number of rotatable bonds is 4. The zero-order valence-electron chi connectivity index (χ0n) is 10.6. The number of amides is 1. The Labute approximate surface area is 110 Å². The molecule has 0 aliphatic carbocycles. The van der Waals surface area contributed by atoms with Crippen molar-refractivity contribution in [3.63, 3.8) is 0 Å². The Morgan fingerprint density at radius 1 is 1.32 bits per heavy atom. The van der Waals surface area contributed by atoms with E-state index >= 15 is 0 Å². The molecule has 0 bridgehead atoms. The number of hydrogen-bond donors (Lipinski definition) is 1. The van der Waals surface area contributed by atoms with Gasteiger partial charge >= 0.3 is 11.9 Å². The number of benzene rings is 1. The number of hydrogen-bond acceptors (Lipinski definition) is 4. The Morgan fingerprint density at radius 3 is 2.89 bits per heavy atom. The second-order valence-electron chi connectivity index (χ2n) is 3.98. The maximum absolute atomic E-state index is 11.3. The van der Waals surface area contributed by atoms with Crippen molar-refractivity contribution in [2.24, 2.45) is 0 Å². The molecular formula is C14H15NO4. The summed E-state index contributed by atoms with van der Waals surface area (Å²) in [4.78, 5) is 22.4. The van der Waals surface area contributed by atoms with Crippen LogP contribution in [-0.2, 0) is 20.7 Å². The summed E-state index contributed by atoms with van der Waals surface area (Å²) in [6.07, 6.45) is 2.27. The van der Waals surface area contributed by atoms with E-state index in [0.29, 0.717) is 13.0 Å². The summed E-state index contributed by atoms with van der Waals surface area (Å²) in [6, 6.07) is 7.67. The number of carbonyl (C=O) groups is 2. The molecule has 1 aromatic heterocycles. The van der Waals surface area contributed by atoms with Crippen LogP contribution in [0.5, 0.6) is 0 Å². The molecule has 0 spiro atoms. The van der Waals surface area contributed by atoms with Crippen molar-refractivity contribution in [2.45, 2.75) is 13.3 Å². The first-order valence-corrected chi connectivity index (χ1v) is 6.12. The first-order chi connectivity index (χ1) is 9.22. The molecule has 19 heavy (non-hydrogen) atoms. The van der Waals surface area contributed by atoms with Crippen molar-refractivity contribution in [3.8, 4) is 0 Å². The van der Waals surface area contributed by atoms with E-state index in [9.17, 15) is 9.59 Å². The Bertz CT molecular complexity index is 588. The van der Waals surface area contributed by atoms with Gasteiger partial charge in [0.15, 0.2) is 0 Å². The fourth-order valence-electron chi connectivity index (χ4n) is 1.81. The van der Waals surface area contributed by atoms with Gasteiger partial charge in [-0.25, -0.2) is 4.79 Å². The Morgan fingerprint density at radius 2 is 2.11 bits per heavy atom. The molecule has 2 rings (SSSR count). The van der Waals surface area contributed by atoms with Gasteiger partial charge in [0.1, 0.15) is 5.58 Å². The molecule has 1 N–H and O–H groups in total. The summed E-state index contributed by atoms with van der Waals surface area (Å²) in [5, 5.41) is 3.54. The van der Waals surface area contributed by atoms with E-state index in [1.807, 2.05) is 24.3 Å². The molecule has 0 aliphatic rings. The fourth-order valence-corrected chi connectivity index (χ4v) is 1.81. The van der Waals surface area contributed by atoms with Crippen LogP contribution in [0.2, 0.25) is 0 Å². The van der Waals surface area contributed by atoms with E-state index in [0.717, 1.165) is 16.5 Å². The predicted molar refractivity (Wildman–Crippen MR) is 69.6 cm³/mol. The quantitative estimate of drug-likeness (QED) is 0.671. The normalized spacial score (nSPS) is 10.4. The number of ether oxygens (including phenoxy) is 1. The van der Waals surface area contributed by atoms with Crippen LogP contribution in [0.3, 0.4) is 0 Å². The highest BCUT2D eigenvalue weighted by atomic mass is 16.5. The molecule has 0 saturated heterocycles. The van der Waals surface area contributed by atoms with Gasteiger partial charge in [-0.05, 0) is 25.0 Å². The number of para-hydroxylation sites is 1. The van der Waals surface area contributed by atoms with Gasteiger partial charge in [0.05, 0.1) is 12.9 Å². The summed E-state index contributed by atoms with van der Waals surface area (Å²) in [5.41, 5.74) is 1.81. The lowest BCUT2D eigenvalue weighted by Gasteiger charge is -2.03. The molecular weight excluding hydrogens is 246 g/mol. The van der Waals surface area contributed by atoms with Crippen molar-refractivity contribution in [1.29, 1.82) is 0 Å². The summed E-state index contributed by atoms with van der Waals surface area (Å²) in [5.74, 6) is -1.56. The minimum absolute atomic E-state index is 0.193. The molecule has 0 aliphatic heterocycles. The number of carbonyl (C=O) groups excluding carboxylic acids is 2. The predicted octanol–water partition coefficient (Wildman–Crippen LogP) is 1.65. The zero-order chi connectivity index (χ0) is 13.7. The lowest BCUT2D eigenvalue weighted by molar-refractivity contribution is -0.154. The van der Waals surface area contributed by atoms with Crippen LogP contribution >= 0.6 is 0 Å². The largest absolute Gasteiger partial charge is 0.464 e. The van der Waals surface area contributed by atoms with E-state index < -0.39 is 11.9 Å². The van der Waals surface area contributed by atoms with Crippen LogP contribution in [0.15, 0.2) is 34.9 Å². The fraction of sp³-hybridized carbons (Fsp3) is 0.286. The van der Waals surface area contributed by atoms with Crippen molar-refractivity contribution in [3.05, 3.63) is 36.1 Å². The Kier molecular flexibility index (Phi) is 4.18. The second-order valence-corrected chi connectivity index (χ2v) is 3.98. The van der Waals surface area contributed by atoms with Crippen LogP contribution < -0.4 is 5.32 Å². The number of esters is 1. The lowest BCUT2D eigenvalue weighted by Crippen LogP contribution is -2.33. The molecule has 5 nitrogen and oxygen atoms in total. The molecule has 0 saturated carbocycles. The van der Waals surface area contributed by atoms with Crippen LogP contribution in [-0.4, -0.2) is 25.0 Å². The maximum Gasteiger partial charge on any atom is 0.396 e. The van der Waals surface area contributed by atoms with E-state index in [1.165, 1.54) is 0 Å². The number of nitrogens with one attached hydrogen (secondary N) is 1. The SMILES string of the molecule is CCOC(=O)C(=O)NCCc1coc2ccccc12. The number of furan rings is 1. The molecule has 1 amide bonds. The van der Waals surface area contributed by atoms with Crippen molar-refractivity contribution < 1.29 is 18.7 Å². The molecule has 1 aromatic carbocycles. The van der Waals surface area contributed by atoms with E-state index in [1.54, 1.807) is 13.2 Å². The van der Waals surface area contributed by atoms with E-state index in [-0.39, 0.29) is 6.61 Å². The van der Waals surface area contributed by atoms with Crippen molar-refractivity contribution >= 4 is 22.8 Å². The second kappa shape index (κ2) is 6.04. The topological polar surface area (TPSA) is 68.5 Å². The van der Waals surface area contributed by atoms with E-state index in [2.05, 4.69) is 10.1 Å². The van der Waals surface area contributed by atoms with Gasteiger partial charge in [0, 0.05) is 11.9 Å². The average molecular weight is 261 g/mol. The van der Waals surface area contributed by atoms with Gasteiger partial charge in [-0.1, -0.05) is 18.2 Å². The third kappa shape index (κ3) is 3.13. The van der Waals surface area contributed by atoms with E-state index in [4.69, 9.17) is 4.42 Å². The highest BCUT2D eigenvalue weighted by Gasteiger charge is 2.14.